The molecule has 4 aliphatic rings. The lowest BCUT2D eigenvalue weighted by atomic mass is 9.44. The van der Waals surface area contributed by atoms with E-state index in [0.29, 0.717) is 11.1 Å². The lowest BCUT2D eigenvalue weighted by Crippen LogP contribution is -2.82. The van der Waals surface area contributed by atoms with Crippen molar-refractivity contribution in [3.8, 4) is 0 Å². The minimum atomic E-state index is -2.27. The number of Topliss-reactive ketones (excluding diaryl/α,β-unsaturated/α-hetero) is 1. The first kappa shape index (κ1) is 49.2. The molecule has 0 unspecified atom stereocenters. The summed E-state index contributed by atoms with van der Waals surface area (Å²) in [5.41, 5.74) is -7.00. The van der Waals surface area contributed by atoms with Crippen molar-refractivity contribution in [3.63, 3.8) is 0 Å². The fraction of sp³-hybridized carbons (Fsp3) is 0.583. The summed E-state index contributed by atoms with van der Waals surface area (Å²) in [7, 11) is 4.28. The monoisotopic (exact) mass is 906 g/mol. The molecule has 0 aromatic heterocycles. The highest BCUT2D eigenvalue weighted by Gasteiger charge is 2.78. The van der Waals surface area contributed by atoms with Crippen LogP contribution in [0.2, 0.25) is 0 Å². The first-order chi connectivity index (χ1) is 30.5. The van der Waals surface area contributed by atoms with Crippen molar-refractivity contribution in [2.75, 3.05) is 34.4 Å². The molecular formula is C48H62N2O15. The molecule has 3 N–H and O–H groups in total. The maximum absolute atomic E-state index is 15.7. The Balaban J connectivity index is 1.56. The largest absolute Gasteiger partial charge is 0.455 e. The fourth-order valence-corrected chi connectivity index (χ4v) is 10.5. The quantitative estimate of drug-likeness (QED) is 0.145. The first-order valence-corrected chi connectivity index (χ1v) is 21.7. The van der Waals surface area contributed by atoms with Crippen molar-refractivity contribution in [3.05, 3.63) is 82.9 Å². The predicted octanol–water partition coefficient (Wildman–Crippen LogP) is 4.34. The number of methoxy groups -OCH3 is 2. The van der Waals surface area contributed by atoms with Crippen LogP contribution in [0.25, 0.3) is 0 Å². The summed E-state index contributed by atoms with van der Waals surface area (Å²) in [6, 6.07) is 15.0. The minimum Gasteiger partial charge on any atom is -0.455 e. The second-order valence-electron chi connectivity index (χ2n) is 19.0. The van der Waals surface area contributed by atoms with Crippen molar-refractivity contribution in [1.82, 2.24) is 10.6 Å². The van der Waals surface area contributed by atoms with Gasteiger partial charge >= 0.3 is 30.0 Å². The van der Waals surface area contributed by atoms with Gasteiger partial charge in [-0.2, -0.15) is 0 Å². The second-order valence-corrected chi connectivity index (χ2v) is 19.0. The number of fused-ring (bicyclic) bond motifs is 5. The molecule has 2 bridgehead atoms. The van der Waals surface area contributed by atoms with Crippen LogP contribution in [0.3, 0.4) is 0 Å². The Hall–Kier alpha value is -5.20. The molecule has 2 aromatic carbocycles. The van der Waals surface area contributed by atoms with E-state index in [1.807, 2.05) is 0 Å². The van der Waals surface area contributed by atoms with Gasteiger partial charge in [-0.1, -0.05) is 62.4 Å². The average Bonchev–Trinajstić information content (AvgIpc) is 3.23. The zero-order chi connectivity index (χ0) is 47.9. The third-order valence-corrected chi connectivity index (χ3v) is 13.6. The van der Waals surface area contributed by atoms with E-state index in [1.165, 1.54) is 40.3 Å². The van der Waals surface area contributed by atoms with E-state index in [9.17, 15) is 29.1 Å². The van der Waals surface area contributed by atoms with Crippen molar-refractivity contribution >= 4 is 35.8 Å². The Bertz CT molecular complexity index is 2170. The smallest absolute Gasteiger partial charge is 0.408 e. The van der Waals surface area contributed by atoms with Gasteiger partial charge < -0.3 is 53.6 Å². The summed E-state index contributed by atoms with van der Waals surface area (Å²) < 4.78 is 48.7. The first-order valence-electron chi connectivity index (χ1n) is 21.7. The topological polar surface area (TPSA) is 221 Å². The Morgan fingerprint density at radius 2 is 1.57 bits per heavy atom. The van der Waals surface area contributed by atoms with Crippen LogP contribution >= 0.6 is 0 Å². The molecule has 3 aliphatic carbocycles. The highest BCUT2D eigenvalue weighted by molar-refractivity contribution is 5.94. The van der Waals surface area contributed by atoms with Gasteiger partial charge in [0, 0.05) is 39.4 Å². The number of aliphatic hydroxyl groups is 1. The van der Waals surface area contributed by atoms with Crippen LogP contribution in [0.1, 0.15) is 90.2 Å². The molecule has 0 spiro atoms. The number of carbonyl (C=O) groups excluding carboxylic acids is 6. The molecule has 354 valence electrons. The zero-order valence-corrected chi connectivity index (χ0v) is 38.9. The van der Waals surface area contributed by atoms with Crippen LogP contribution in [-0.2, 0) is 57.1 Å². The molecule has 2 saturated carbocycles. The number of nitrogens with one attached hydrogen (secondary N) is 2. The number of hydrogen-bond acceptors (Lipinski definition) is 16. The normalized spacial score (nSPS) is 31.2. The van der Waals surface area contributed by atoms with E-state index in [4.69, 9.17) is 37.9 Å². The van der Waals surface area contributed by atoms with Gasteiger partial charge in [0.05, 0.1) is 36.2 Å². The van der Waals surface area contributed by atoms with Gasteiger partial charge in [-0.05, 0) is 70.5 Å². The number of hydrogen-bond donors (Lipinski definition) is 3. The Labute approximate surface area is 379 Å². The van der Waals surface area contributed by atoms with Crippen LogP contribution in [-0.4, -0.2) is 129 Å². The molecule has 11 atom stereocenters. The van der Waals surface area contributed by atoms with Gasteiger partial charge in [0.15, 0.2) is 11.4 Å². The molecule has 17 nitrogen and oxygen atoms in total. The van der Waals surface area contributed by atoms with Gasteiger partial charge in [-0.15, -0.1) is 0 Å². The van der Waals surface area contributed by atoms with Gasteiger partial charge in [-0.25, -0.2) is 14.4 Å². The average molecular weight is 907 g/mol. The molecule has 1 heterocycles. The molecule has 1 amide bonds. The van der Waals surface area contributed by atoms with Crippen LogP contribution in [0, 0.1) is 16.7 Å². The number of alkyl carbamates (subject to hydrolysis) is 1. The van der Waals surface area contributed by atoms with E-state index >= 15 is 4.79 Å². The second kappa shape index (κ2) is 18.6. The number of rotatable bonds is 13. The third kappa shape index (κ3) is 8.92. The summed E-state index contributed by atoms with van der Waals surface area (Å²) in [5, 5.41) is 19.3. The number of benzene rings is 2. The SMILES string of the molecule is CNCC(=O)O[C@@H](C(=O)O[C@H]1C[C@@]2(O)[C@@H](OC(=O)c3ccccc3)[C@@H]3[C@]4(OC(C)=O)CO[C@@H]4C[C@H](OC)[C@@]3(C)C(=O)[C@H](OC)C(=C1C)C2(C)C)[C@@H](NC(=O)OC(C)(C)C)c1ccccc1. The molecule has 0 radical (unpaired) electrons. The molecular weight excluding hydrogens is 845 g/mol. The van der Waals surface area contributed by atoms with Crippen LogP contribution < -0.4 is 10.6 Å². The maximum Gasteiger partial charge on any atom is 0.408 e. The van der Waals surface area contributed by atoms with Crippen LogP contribution in [0.15, 0.2) is 71.8 Å². The standard InChI is InChI=1S/C48H62N2O15/c1-26-30(61-42(55)37(62-33(52)24-49-9)35(28-18-14-12-15-19-28)50-43(56)65-44(3,4)5)23-48(57)40(63-41(54)29-20-16-13-17-21-29)38-46(8,39(53)36(59-11)34(26)45(48,6)7)31(58-10)22-32-47(38,25-60-32)64-27(2)51/h12-21,30-32,35-38,40,49,57H,22-25H2,1-11H3,(H,50,56)/t30-,31-,32+,35-,36+,37+,38-,40-,46+,47-,48+/m0/s1. The highest BCUT2D eigenvalue weighted by Crippen LogP contribution is 2.64. The minimum absolute atomic E-state index is 0.103. The molecule has 17 heteroatoms. The van der Waals surface area contributed by atoms with E-state index in [0.717, 1.165) is 0 Å². The summed E-state index contributed by atoms with van der Waals surface area (Å²) >= 11 is 0. The Morgan fingerprint density at radius 3 is 2.11 bits per heavy atom. The van der Waals surface area contributed by atoms with Gasteiger partial charge in [-0.3, -0.25) is 14.4 Å². The maximum atomic E-state index is 15.7. The molecule has 1 saturated heterocycles. The van der Waals surface area contributed by atoms with Gasteiger partial charge in [0.1, 0.15) is 41.7 Å². The summed E-state index contributed by atoms with van der Waals surface area (Å²) in [4.78, 5) is 84.8. The van der Waals surface area contributed by atoms with Gasteiger partial charge in [0.2, 0.25) is 6.10 Å². The number of ether oxygens (including phenoxy) is 8. The summed E-state index contributed by atoms with van der Waals surface area (Å²) in [6.45, 7) is 12.3. The number of carbonyl (C=O) groups is 6. The number of esters is 4. The van der Waals surface area contributed by atoms with Crippen molar-refractivity contribution in [1.29, 1.82) is 0 Å². The molecule has 65 heavy (non-hydrogen) atoms. The van der Waals surface area contributed by atoms with Crippen LogP contribution in [0.4, 0.5) is 4.79 Å². The van der Waals surface area contributed by atoms with E-state index in [1.54, 1.807) is 97.0 Å². The predicted molar refractivity (Wildman–Crippen MR) is 231 cm³/mol. The van der Waals surface area contributed by atoms with Crippen molar-refractivity contribution < 1.29 is 71.8 Å². The van der Waals surface area contributed by atoms with E-state index in [-0.39, 0.29) is 30.7 Å². The third-order valence-electron chi connectivity index (χ3n) is 13.6. The number of likely N-dealkylation sites (N-methyl/N-ethyl adjacent to an activating group) is 1. The summed E-state index contributed by atoms with van der Waals surface area (Å²) in [6.07, 6.45) is -9.41. The lowest BCUT2D eigenvalue weighted by Gasteiger charge is -2.67. The Kier molecular flexibility index (Phi) is 14.1. The molecule has 1 aliphatic heterocycles. The van der Waals surface area contributed by atoms with E-state index < -0.39 is 118 Å². The fourth-order valence-electron chi connectivity index (χ4n) is 10.5. The molecule has 3 fully saturated rings. The molecule has 2 aromatic rings. The van der Waals surface area contributed by atoms with E-state index in [2.05, 4.69) is 10.6 Å². The Morgan fingerprint density at radius 1 is 0.938 bits per heavy atom. The van der Waals surface area contributed by atoms with Gasteiger partial charge in [0.25, 0.3) is 0 Å². The highest BCUT2D eigenvalue weighted by atomic mass is 16.6. The number of ketones is 1. The van der Waals surface area contributed by atoms with Crippen LogP contribution in [0.5, 0.6) is 0 Å². The number of amides is 1. The zero-order valence-electron chi connectivity index (χ0n) is 38.9. The summed E-state index contributed by atoms with van der Waals surface area (Å²) in [5.74, 6) is -5.43. The lowest BCUT2D eigenvalue weighted by molar-refractivity contribution is -0.347. The van der Waals surface area contributed by atoms with Crippen molar-refractivity contribution in [2.45, 2.75) is 128 Å². The van der Waals surface area contributed by atoms with Crippen molar-refractivity contribution in [2.24, 2.45) is 16.7 Å². The molecule has 6 rings (SSSR count).